The number of aliphatic imine (C=N–C) groups is 1. The summed E-state index contributed by atoms with van der Waals surface area (Å²) in [6.45, 7) is 10.3. The third-order valence-corrected chi connectivity index (χ3v) is 4.76. The van der Waals surface area contributed by atoms with Gasteiger partial charge in [-0.15, -0.1) is 24.0 Å². The van der Waals surface area contributed by atoms with E-state index < -0.39 is 0 Å². The number of halogens is 1. The van der Waals surface area contributed by atoms with Gasteiger partial charge < -0.3 is 25.2 Å². The summed E-state index contributed by atoms with van der Waals surface area (Å²) in [5.74, 6) is 1.67. The molecule has 0 radical (unpaired) electrons. The number of benzene rings is 1. The second-order valence-electron chi connectivity index (χ2n) is 7.37. The van der Waals surface area contributed by atoms with Crippen LogP contribution in [0.4, 0.5) is 0 Å². The van der Waals surface area contributed by atoms with Crippen molar-refractivity contribution in [2.45, 2.75) is 46.6 Å². The van der Waals surface area contributed by atoms with Crippen molar-refractivity contribution < 1.29 is 14.6 Å². The summed E-state index contributed by atoms with van der Waals surface area (Å²) >= 11 is 0. The maximum absolute atomic E-state index is 9.57. The fourth-order valence-electron chi connectivity index (χ4n) is 2.88. The molecule has 1 heterocycles. The van der Waals surface area contributed by atoms with Gasteiger partial charge in [-0.2, -0.15) is 0 Å². The molecule has 1 saturated heterocycles. The summed E-state index contributed by atoms with van der Waals surface area (Å²) in [4.78, 5) is 4.71. The van der Waals surface area contributed by atoms with Crippen molar-refractivity contribution in [1.29, 1.82) is 0 Å². The molecule has 2 rings (SSSR count). The first-order chi connectivity index (χ1) is 13.1. The Hall–Kier alpha value is -1.06. The van der Waals surface area contributed by atoms with Crippen molar-refractivity contribution in [3.63, 3.8) is 0 Å². The van der Waals surface area contributed by atoms with Crippen molar-refractivity contribution >= 4 is 29.9 Å². The maximum Gasteiger partial charge on any atom is 0.191 e. The van der Waals surface area contributed by atoms with Crippen LogP contribution >= 0.6 is 24.0 Å². The Balaban J connectivity index is 0.00000392. The van der Waals surface area contributed by atoms with Crippen molar-refractivity contribution in [2.75, 3.05) is 39.5 Å². The van der Waals surface area contributed by atoms with Crippen LogP contribution in [-0.4, -0.2) is 50.6 Å². The van der Waals surface area contributed by atoms with E-state index in [2.05, 4.69) is 42.7 Å². The van der Waals surface area contributed by atoms with Crippen LogP contribution < -0.4 is 15.4 Å². The highest BCUT2D eigenvalue weighted by Crippen LogP contribution is 2.25. The molecule has 7 heteroatoms. The quantitative estimate of drug-likeness (QED) is 0.186. The van der Waals surface area contributed by atoms with Gasteiger partial charge in [0.05, 0.1) is 38.4 Å². The molecule has 0 aromatic heterocycles. The van der Waals surface area contributed by atoms with Crippen LogP contribution in [-0.2, 0) is 11.3 Å². The Morgan fingerprint density at radius 3 is 2.64 bits per heavy atom. The van der Waals surface area contributed by atoms with Gasteiger partial charge in [-0.25, -0.2) is 4.99 Å². The Morgan fingerprint density at radius 2 is 2.04 bits per heavy atom. The molecule has 0 bridgehead atoms. The number of nitrogens with zero attached hydrogens (tertiary/aromatic N) is 1. The number of hydrogen-bond acceptors (Lipinski definition) is 4. The molecule has 6 nitrogen and oxygen atoms in total. The van der Waals surface area contributed by atoms with Gasteiger partial charge in [-0.3, -0.25) is 0 Å². The Labute approximate surface area is 186 Å². The van der Waals surface area contributed by atoms with Gasteiger partial charge >= 0.3 is 0 Å². The first-order valence-electron chi connectivity index (χ1n) is 10.1. The zero-order valence-corrected chi connectivity index (χ0v) is 19.8. The van der Waals surface area contributed by atoms with E-state index in [1.807, 2.05) is 6.92 Å². The number of hydrogen-bond donors (Lipinski definition) is 3. The minimum absolute atomic E-state index is 0. The number of ether oxygens (including phenoxy) is 2. The van der Waals surface area contributed by atoms with Crippen LogP contribution in [0.25, 0.3) is 0 Å². The van der Waals surface area contributed by atoms with Crippen LogP contribution in [0.5, 0.6) is 5.75 Å². The molecule has 3 N–H and O–H groups in total. The second kappa shape index (κ2) is 13.2. The average Bonchev–Trinajstić information content (AvgIpc) is 2.63. The monoisotopic (exact) mass is 505 g/mol. The van der Waals surface area contributed by atoms with Gasteiger partial charge in [0.2, 0.25) is 0 Å². The van der Waals surface area contributed by atoms with E-state index in [4.69, 9.17) is 14.5 Å². The highest BCUT2D eigenvalue weighted by Gasteiger charge is 2.38. The first-order valence-corrected chi connectivity index (χ1v) is 10.1. The number of aryl methyl sites for hydroxylation is 1. The summed E-state index contributed by atoms with van der Waals surface area (Å²) in [7, 11) is 0. The lowest BCUT2D eigenvalue weighted by atomic mass is 9.87. The van der Waals surface area contributed by atoms with E-state index in [9.17, 15) is 5.11 Å². The summed E-state index contributed by atoms with van der Waals surface area (Å²) in [6, 6.07) is 6.27. The third-order valence-electron chi connectivity index (χ3n) is 4.76. The fraction of sp³-hybridized carbons (Fsp3) is 0.667. The molecule has 1 aliphatic rings. The maximum atomic E-state index is 9.57. The minimum atomic E-state index is -0.187. The number of rotatable bonds is 11. The van der Waals surface area contributed by atoms with Crippen molar-refractivity contribution in [3.05, 3.63) is 29.3 Å². The smallest absolute Gasteiger partial charge is 0.191 e. The van der Waals surface area contributed by atoms with E-state index in [0.29, 0.717) is 26.3 Å². The highest BCUT2D eigenvalue weighted by atomic mass is 127. The molecule has 0 spiro atoms. The number of guanidine groups is 1. The standard InChI is InChI=1S/C21H35N3O3.HI/c1-4-6-7-10-27-19-11-17(3)8-9-18(19)12-23-20(22-5-2)24-13-21(14-25)15-26-16-21;/h8-9,11,25H,4-7,10,12-16H2,1-3H3,(H2,22,23,24);1H. The molecular weight excluding hydrogens is 469 g/mol. The summed E-state index contributed by atoms with van der Waals surface area (Å²) in [5.41, 5.74) is 2.08. The molecule has 0 atom stereocenters. The van der Waals surface area contributed by atoms with Crippen molar-refractivity contribution in [2.24, 2.45) is 10.4 Å². The molecule has 1 aliphatic heterocycles. The lowest BCUT2D eigenvalue weighted by Gasteiger charge is -2.40. The van der Waals surface area contributed by atoms with Gasteiger partial charge in [0.1, 0.15) is 5.75 Å². The van der Waals surface area contributed by atoms with Crippen molar-refractivity contribution in [3.8, 4) is 5.75 Å². The second-order valence-corrected chi connectivity index (χ2v) is 7.37. The predicted octanol–water partition coefficient (Wildman–Crippen LogP) is 3.25. The minimum Gasteiger partial charge on any atom is -0.493 e. The van der Waals surface area contributed by atoms with E-state index in [1.165, 1.54) is 18.4 Å². The van der Waals surface area contributed by atoms with Crippen LogP contribution in [0.15, 0.2) is 23.2 Å². The van der Waals surface area contributed by atoms with Gasteiger partial charge in [0, 0.05) is 18.7 Å². The van der Waals surface area contributed by atoms with Crippen molar-refractivity contribution in [1.82, 2.24) is 10.6 Å². The Bertz CT molecular complexity index is 601. The van der Waals surface area contributed by atoms with E-state index in [1.54, 1.807) is 0 Å². The van der Waals surface area contributed by atoms with Gasteiger partial charge in [0.15, 0.2) is 5.96 Å². The predicted molar refractivity (Wildman–Crippen MR) is 125 cm³/mol. The Morgan fingerprint density at radius 1 is 1.25 bits per heavy atom. The van der Waals surface area contributed by atoms with E-state index in [-0.39, 0.29) is 36.0 Å². The molecule has 0 unspecified atom stereocenters. The molecule has 28 heavy (non-hydrogen) atoms. The van der Waals surface area contributed by atoms with E-state index in [0.717, 1.165) is 36.8 Å². The van der Waals surface area contributed by atoms with Gasteiger partial charge in [-0.1, -0.05) is 31.9 Å². The van der Waals surface area contributed by atoms with Gasteiger partial charge in [-0.05, 0) is 31.9 Å². The zero-order chi connectivity index (χ0) is 19.5. The van der Waals surface area contributed by atoms with E-state index >= 15 is 0 Å². The lowest BCUT2D eigenvalue weighted by Crippen LogP contribution is -2.54. The number of unbranched alkanes of at least 4 members (excludes halogenated alkanes) is 2. The molecule has 0 amide bonds. The topological polar surface area (TPSA) is 75.1 Å². The SMILES string of the molecule is CCCCCOc1cc(C)ccc1CN=C(NCC)NCC1(CO)COC1.I. The normalized spacial score (nSPS) is 15.4. The number of aliphatic hydroxyl groups excluding tert-OH is 1. The molecule has 1 fully saturated rings. The van der Waals surface area contributed by atoms with Crippen LogP contribution in [0.3, 0.4) is 0 Å². The fourth-order valence-corrected chi connectivity index (χ4v) is 2.88. The Kier molecular flexibility index (Phi) is 11.8. The highest BCUT2D eigenvalue weighted by molar-refractivity contribution is 14.0. The molecule has 0 aliphatic carbocycles. The zero-order valence-electron chi connectivity index (χ0n) is 17.4. The average molecular weight is 505 g/mol. The molecule has 1 aromatic carbocycles. The van der Waals surface area contributed by atoms with Crippen LogP contribution in [0.2, 0.25) is 0 Å². The summed E-state index contributed by atoms with van der Waals surface area (Å²) in [5, 5.41) is 16.2. The summed E-state index contributed by atoms with van der Waals surface area (Å²) in [6.07, 6.45) is 3.44. The first kappa shape index (κ1) is 25.0. The summed E-state index contributed by atoms with van der Waals surface area (Å²) < 4.78 is 11.3. The molecule has 1 aromatic rings. The van der Waals surface area contributed by atoms with Crippen LogP contribution in [0, 0.1) is 12.3 Å². The largest absolute Gasteiger partial charge is 0.493 e. The molecular formula is C21H36IN3O3. The molecule has 160 valence electrons. The lowest BCUT2D eigenvalue weighted by molar-refractivity contribution is -0.132. The third kappa shape index (κ3) is 7.75. The van der Waals surface area contributed by atoms with Gasteiger partial charge in [0.25, 0.3) is 0 Å². The molecule has 0 saturated carbocycles. The van der Waals surface area contributed by atoms with Crippen LogP contribution in [0.1, 0.15) is 44.2 Å². The number of aliphatic hydroxyl groups is 1. The number of nitrogens with one attached hydrogen (secondary N) is 2.